The van der Waals surface area contributed by atoms with Gasteiger partial charge in [0.05, 0.1) is 27.3 Å². The highest BCUT2D eigenvalue weighted by Crippen LogP contribution is 2.53. The molecule has 2 aromatic carbocycles. The lowest BCUT2D eigenvalue weighted by molar-refractivity contribution is 0.103. The molecule has 0 saturated carbocycles. The van der Waals surface area contributed by atoms with Gasteiger partial charge in [0, 0.05) is 25.0 Å². The molecule has 0 bridgehead atoms. The van der Waals surface area contributed by atoms with Crippen molar-refractivity contribution in [3.05, 3.63) is 63.6 Å². The van der Waals surface area contributed by atoms with Crippen LogP contribution < -0.4 is 25.0 Å². The smallest absolute Gasteiger partial charge is 0.331 e. The van der Waals surface area contributed by atoms with E-state index < -0.39 is 11.9 Å². The Kier molecular flexibility index (Phi) is 7.03. The summed E-state index contributed by atoms with van der Waals surface area (Å²) in [6, 6.07) is 12.4. The standard InChI is InChI=1S/C30H25ClN6O5S/c31-20-5-6-21-26(42-15-41-21)25(20)37-24-18(11-32)12-33-29-22(24)23(35-30(37)40)27(43-29)28(39)34-19-3-1-16(2-4-19)13-36-9-7-17(14-38)8-10-36/h1-6,12,17,38H,7-10,13-15H2,(H,34,39)(H,35,40). The van der Waals surface area contributed by atoms with E-state index in [1.807, 2.05) is 24.3 Å². The van der Waals surface area contributed by atoms with Crippen LogP contribution in [0.5, 0.6) is 11.5 Å². The van der Waals surface area contributed by atoms with Gasteiger partial charge in [-0.25, -0.2) is 9.78 Å². The summed E-state index contributed by atoms with van der Waals surface area (Å²) >= 11 is 7.68. The minimum atomic E-state index is -0.609. The van der Waals surface area contributed by atoms with E-state index >= 15 is 0 Å². The van der Waals surface area contributed by atoms with Gasteiger partial charge < -0.3 is 25.2 Å². The van der Waals surface area contributed by atoms with Crippen molar-refractivity contribution in [2.75, 3.05) is 42.0 Å². The number of amides is 3. The molecule has 7 rings (SSSR count). The lowest BCUT2D eigenvalue weighted by Gasteiger charge is -2.31. The number of pyridine rings is 1. The normalized spacial score (nSPS) is 16.3. The lowest BCUT2D eigenvalue weighted by atomic mass is 9.97. The van der Waals surface area contributed by atoms with Crippen LogP contribution >= 0.6 is 22.9 Å². The molecule has 3 aliphatic rings. The molecule has 0 unspecified atom stereocenters. The van der Waals surface area contributed by atoms with Crippen LogP contribution in [0.25, 0.3) is 10.2 Å². The number of hydrogen-bond donors (Lipinski definition) is 3. The van der Waals surface area contributed by atoms with Gasteiger partial charge in [-0.05, 0) is 61.7 Å². The Labute approximate surface area is 255 Å². The maximum atomic E-state index is 13.7. The van der Waals surface area contributed by atoms with E-state index in [1.165, 1.54) is 11.1 Å². The molecule has 3 aliphatic heterocycles. The van der Waals surface area contributed by atoms with Crippen molar-refractivity contribution < 1.29 is 24.2 Å². The SMILES string of the molecule is N#Cc1cnc2sc(C(=O)Nc3ccc(CN4CCC(CO)CC4)cc3)c3c2c1N(c1c(Cl)ccc2c1OCO2)C(=O)N3. The number of thiophene rings is 1. The number of piperidine rings is 1. The molecule has 3 amide bonds. The molecule has 1 fully saturated rings. The zero-order chi connectivity index (χ0) is 29.7. The summed E-state index contributed by atoms with van der Waals surface area (Å²) in [5.41, 5.74) is 2.65. The number of carbonyl (C=O) groups excluding carboxylic acids is 2. The molecule has 3 N–H and O–H groups in total. The Bertz CT molecular complexity index is 1810. The number of ether oxygens (including phenoxy) is 2. The van der Waals surface area contributed by atoms with Gasteiger partial charge in [0.2, 0.25) is 6.79 Å². The van der Waals surface area contributed by atoms with Crippen molar-refractivity contribution in [1.29, 1.82) is 5.26 Å². The second-order valence-electron chi connectivity index (χ2n) is 10.6. The summed E-state index contributed by atoms with van der Waals surface area (Å²) in [5, 5.41) is 25.8. The van der Waals surface area contributed by atoms with Crippen molar-refractivity contribution in [2.45, 2.75) is 19.4 Å². The van der Waals surface area contributed by atoms with Crippen LogP contribution in [0.1, 0.15) is 33.6 Å². The largest absolute Gasteiger partial charge is 0.454 e. The number of aliphatic hydroxyl groups is 1. The van der Waals surface area contributed by atoms with Crippen molar-refractivity contribution in [2.24, 2.45) is 5.92 Å². The van der Waals surface area contributed by atoms with E-state index in [9.17, 15) is 20.0 Å². The van der Waals surface area contributed by atoms with E-state index in [0.717, 1.165) is 49.4 Å². The Hall–Kier alpha value is -4.41. The molecule has 1 saturated heterocycles. The van der Waals surface area contributed by atoms with Crippen LogP contribution in [0.2, 0.25) is 5.02 Å². The number of nitrogens with zero attached hydrogens (tertiary/aromatic N) is 4. The zero-order valence-electron chi connectivity index (χ0n) is 22.7. The highest BCUT2D eigenvalue weighted by molar-refractivity contribution is 7.21. The fourth-order valence-electron chi connectivity index (χ4n) is 5.73. The molecular weight excluding hydrogens is 592 g/mol. The average molecular weight is 617 g/mol. The number of nitrogens with one attached hydrogen (secondary N) is 2. The summed E-state index contributed by atoms with van der Waals surface area (Å²) in [4.78, 5) is 36.0. The second kappa shape index (κ2) is 11.0. The summed E-state index contributed by atoms with van der Waals surface area (Å²) in [7, 11) is 0. The number of rotatable bonds is 6. The number of nitriles is 1. The highest BCUT2D eigenvalue weighted by Gasteiger charge is 2.38. The minimum Gasteiger partial charge on any atom is -0.454 e. The number of hydrogen-bond acceptors (Lipinski definition) is 9. The Balaban J connectivity index is 1.18. The van der Waals surface area contributed by atoms with Crippen LogP contribution in [0.15, 0.2) is 42.6 Å². The Morgan fingerprint density at radius 3 is 2.72 bits per heavy atom. The zero-order valence-corrected chi connectivity index (χ0v) is 24.3. The van der Waals surface area contributed by atoms with E-state index in [1.54, 1.807) is 12.1 Å². The molecule has 0 radical (unpaired) electrons. The fraction of sp³-hybridized carbons (Fsp3) is 0.267. The summed E-state index contributed by atoms with van der Waals surface area (Å²) in [5.74, 6) is 0.681. The predicted molar refractivity (Wildman–Crippen MR) is 163 cm³/mol. The number of halogens is 1. The third-order valence-corrected chi connectivity index (χ3v) is 9.35. The first-order valence-electron chi connectivity index (χ1n) is 13.7. The van der Waals surface area contributed by atoms with E-state index in [2.05, 4.69) is 26.6 Å². The van der Waals surface area contributed by atoms with Crippen LogP contribution in [0, 0.1) is 17.2 Å². The molecule has 11 nitrogen and oxygen atoms in total. The summed E-state index contributed by atoms with van der Waals surface area (Å²) in [6.07, 6.45) is 3.36. The molecule has 0 atom stereocenters. The van der Waals surface area contributed by atoms with Gasteiger partial charge >= 0.3 is 6.03 Å². The Morgan fingerprint density at radius 1 is 1.19 bits per heavy atom. The molecule has 4 aromatic rings. The number of likely N-dealkylation sites (tertiary alicyclic amines) is 1. The van der Waals surface area contributed by atoms with Gasteiger partial charge in [-0.2, -0.15) is 5.26 Å². The van der Waals surface area contributed by atoms with Gasteiger partial charge in [-0.15, -0.1) is 11.3 Å². The topological polar surface area (TPSA) is 140 Å². The van der Waals surface area contributed by atoms with Gasteiger partial charge in [-0.3, -0.25) is 14.6 Å². The maximum Gasteiger partial charge on any atom is 0.331 e. The molecule has 43 heavy (non-hydrogen) atoms. The average Bonchev–Trinajstić information content (AvgIpc) is 3.65. The minimum absolute atomic E-state index is 0.0344. The molecule has 5 heterocycles. The van der Waals surface area contributed by atoms with Crippen molar-refractivity contribution in [3.63, 3.8) is 0 Å². The monoisotopic (exact) mass is 616 g/mol. The van der Waals surface area contributed by atoms with E-state index in [-0.39, 0.29) is 51.7 Å². The maximum absolute atomic E-state index is 13.7. The summed E-state index contributed by atoms with van der Waals surface area (Å²) < 4.78 is 11.1. The Morgan fingerprint density at radius 2 is 1.98 bits per heavy atom. The third-order valence-electron chi connectivity index (χ3n) is 7.95. The van der Waals surface area contributed by atoms with Crippen molar-refractivity contribution in [1.82, 2.24) is 9.88 Å². The van der Waals surface area contributed by atoms with Crippen molar-refractivity contribution >= 4 is 67.8 Å². The second-order valence-corrected chi connectivity index (χ2v) is 12.0. The number of benzene rings is 2. The number of fused-ring (bicyclic) bond motifs is 1. The molecule has 218 valence electrons. The van der Waals surface area contributed by atoms with E-state index in [4.69, 9.17) is 21.1 Å². The number of aliphatic hydroxyl groups excluding tert-OH is 1. The third kappa shape index (κ3) is 4.80. The number of carbonyl (C=O) groups is 2. The highest BCUT2D eigenvalue weighted by atomic mass is 35.5. The van der Waals surface area contributed by atoms with Crippen molar-refractivity contribution in [3.8, 4) is 17.6 Å². The predicted octanol–water partition coefficient (Wildman–Crippen LogP) is 5.69. The quantitative estimate of drug-likeness (QED) is 0.251. The fourth-order valence-corrected chi connectivity index (χ4v) is 6.96. The molecule has 0 spiro atoms. The molecular formula is C30H25ClN6O5S. The van der Waals surface area contributed by atoms with Crippen LogP contribution in [0.4, 0.5) is 27.5 Å². The molecule has 0 aliphatic carbocycles. The number of urea groups is 1. The van der Waals surface area contributed by atoms with Gasteiger partial charge in [0.25, 0.3) is 5.91 Å². The number of aromatic nitrogens is 1. The van der Waals surface area contributed by atoms with Gasteiger partial charge in [0.15, 0.2) is 11.5 Å². The van der Waals surface area contributed by atoms with Crippen LogP contribution in [-0.2, 0) is 6.54 Å². The van der Waals surface area contributed by atoms with Crippen LogP contribution in [-0.4, -0.2) is 53.4 Å². The van der Waals surface area contributed by atoms with Gasteiger partial charge in [-0.1, -0.05) is 23.7 Å². The van der Waals surface area contributed by atoms with E-state index in [0.29, 0.717) is 27.6 Å². The first-order valence-corrected chi connectivity index (χ1v) is 14.9. The first kappa shape index (κ1) is 27.4. The first-order chi connectivity index (χ1) is 20.9. The lowest BCUT2D eigenvalue weighted by Crippen LogP contribution is -2.35. The number of anilines is 4. The van der Waals surface area contributed by atoms with Gasteiger partial charge in [0.1, 0.15) is 21.5 Å². The molecule has 13 heteroatoms. The molecule has 2 aromatic heterocycles. The summed E-state index contributed by atoms with van der Waals surface area (Å²) in [6.45, 7) is 2.91. The van der Waals surface area contributed by atoms with Crippen LogP contribution in [0.3, 0.4) is 0 Å².